The van der Waals surface area contributed by atoms with E-state index in [-0.39, 0.29) is 0 Å². The van der Waals surface area contributed by atoms with Crippen molar-refractivity contribution in [2.75, 3.05) is 0 Å². The Morgan fingerprint density at radius 2 is 1.22 bits per heavy atom. The van der Waals surface area contributed by atoms with E-state index >= 15 is 0 Å². The topological polar surface area (TPSA) is 4.93 Å². The highest BCUT2D eigenvalue weighted by Gasteiger charge is 2.20. The highest BCUT2D eigenvalue weighted by Crippen LogP contribution is 2.47. The summed E-state index contributed by atoms with van der Waals surface area (Å²) in [5.74, 6) is 0. The van der Waals surface area contributed by atoms with Crippen LogP contribution < -0.4 is 0 Å². The molecule has 0 saturated heterocycles. The Balaban J connectivity index is 1.32. The van der Waals surface area contributed by atoms with Crippen LogP contribution in [0.5, 0.6) is 0 Å². The summed E-state index contributed by atoms with van der Waals surface area (Å²) in [5, 5.41) is 10.3. The van der Waals surface area contributed by atoms with E-state index in [2.05, 4.69) is 154 Å². The second-order valence-electron chi connectivity index (χ2n) is 10.7. The molecule has 2 heterocycles. The van der Waals surface area contributed by atoms with Crippen LogP contribution in [-0.2, 0) is 0 Å². The Bertz CT molecular complexity index is 2480. The molecule has 0 spiro atoms. The first-order valence-electron chi connectivity index (χ1n) is 13.8. The standard InChI is InChI=1S/C38H22BrNS/c39-33-22-31-30-12-6-7-13-34(30)40(27-9-2-1-3-10-27)37(31)38-36(33)32-21-25(17-19-35(32)41-38)24-16-18-29-26(20-24)15-14-23-8-4-5-11-28(23)29/h1-22H. The van der Waals surface area contributed by atoms with Crippen molar-refractivity contribution in [3.8, 4) is 16.8 Å². The average molecular weight is 605 g/mol. The van der Waals surface area contributed by atoms with Crippen molar-refractivity contribution < 1.29 is 0 Å². The van der Waals surface area contributed by atoms with Crippen molar-refractivity contribution >= 4 is 90.8 Å². The smallest absolute Gasteiger partial charge is 0.0720 e. The summed E-state index contributed by atoms with van der Waals surface area (Å²) in [5.41, 5.74) is 6.17. The van der Waals surface area contributed by atoms with Gasteiger partial charge in [-0.05, 0) is 75.1 Å². The maximum atomic E-state index is 4.00. The second kappa shape index (κ2) is 8.78. The third kappa shape index (κ3) is 3.40. The lowest BCUT2D eigenvalue weighted by molar-refractivity contribution is 1.19. The van der Waals surface area contributed by atoms with Gasteiger partial charge in [0.05, 0.1) is 15.7 Å². The summed E-state index contributed by atoms with van der Waals surface area (Å²) in [6, 6.07) is 48.7. The second-order valence-corrected chi connectivity index (χ2v) is 12.6. The molecule has 0 amide bonds. The van der Waals surface area contributed by atoms with Crippen molar-refractivity contribution in [1.82, 2.24) is 4.57 Å². The van der Waals surface area contributed by atoms with Gasteiger partial charge >= 0.3 is 0 Å². The predicted molar refractivity (Wildman–Crippen MR) is 182 cm³/mol. The Kier molecular flexibility index (Phi) is 4.98. The molecule has 0 unspecified atom stereocenters. The van der Waals surface area contributed by atoms with Gasteiger partial charge in [0.25, 0.3) is 0 Å². The Labute approximate surface area is 249 Å². The highest BCUT2D eigenvalue weighted by atomic mass is 79.9. The van der Waals surface area contributed by atoms with Crippen molar-refractivity contribution in [2.45, 2.75) is 0 Å². The van der Waals surface area contributed by atoms with Crippen molar-refractivity contribution in [3.05, 3.63) is 138 Å². The first-order chi connectivity index (χ1) is 20.2. The lowest BCUT2D eigenvalue weighted by Crippen LogP contribution is -1.93. The molecule has 0 fully saturated rings. The molecule has 1 nitrogen and oxygen atoms in total. The van der Waals surface area contributed by atoms with Gasteiger partial charge in [0.1, 0.15) is 0 Å². The van der Waals surface area contributed by atoms with E-state index in [0.717, 1.165) is 4.47 Å². The first kappa shape index (κ1) is 23.3. The summed E-state index contributed by atoms with van der Waals surface area (Å²) in [6.07, 6.45) is 0. The fraction of sp³-hybridized carbons (Fsp3) is 0. The van der Waals surface area contributed by atoms with Gasteiger partial charge < -0.3 is 4.57 Å². The van der Waals surface area contributed by atoms with E-state index in [1.807, 2.05) is 11.3 Å². The van der Waals surface area contributed by atoms with Crippen LogP contribution in [-0.4, -0.2) is 4.57 Å². The Hall–Kier alpha value is -4.44. The summed E-state index contributed by atoms with van der Waals surface area (Å²) >= 11 is 5.89. The summed E-state index contributed by atoms with van der Waals surface area (Å²) in [6.45, 7) is 0. The summed E-state index contributed by atoms with van der Waals surface area (Å²) in [4.78, 5) is 0. The molecule has 0 aliphatic rings. The normalized spacial score (nSPS) is 12.0. The number of halogens is 1. The lowest BCUT2D eigenvalue weighted by Gasteiger charge is -2.09. The van der Waals surface area contributed by atoms with E-state index in [0.29, 0.717) is 0 Å². The van der Waals surface area contributed by atoms with Gasteiger partial charge in [-0.15, -0.1) is 11.3 Å². The van der Waals surface area contributed by atoms with Crippen molar-refractivity contribution in [1.29, 1.82) is 0 Å². The molecule has 0 aliphatic carbocycles. The molecule has 41 heavy (non-hydrogen) atoms. The fourth-order valence-electron chi connectivity index (χ4n) is 6.55. The molecule has 3 heteroatoms. The third-order valence-electron chi connectivity index (χ3n) is 8.42. The van der Waals surface area contributed by atoms with Crippen molar-refractivity contribution in [3.63, 3.8) is 0 Å². The molecule has 0 N–H and O–H groups in total. The first-order valence-corrected chi connectivity index (χ1v) is 15.4. The van der Waals surface area contributed by atoms with Gasteiger partial charge in [0, 0.05) is 36.4 Å². The number of hydrogen-bond acceptors (Lipinski definition) is 1. The Morgan fingerprint density at radius 3 is 2.12 bits per heavy atom. The monoisotopic (exact) mass is 603 g/mol. The number of thiophene rings is 1. The number of rotatable bonds is 2. The van der Waals surface area contributed by atoms with E-state index in [1.165, 1.54) is 80.3 Å². The number of benzene rings is 7. The van der Waals surface area contributed by atoms with Gasteiger partial charge in [-0.25, -0.2) is 0 Å². The lowest BCUT2D eigenvalue weighted by atomic mass is 9.96. The molecule has 0 aliphatic heterocycles. The zero-order valence-electron chi connectivity index (χ0n) is 21.9. The third-order valence-corrected chi connectivity index (χ3v) is 10.2. The maximum absolute atomic E-state index is 4.00. The molecule has 7 aromatic carbocycles. The highest BCUT2D eigenvalue weighted by molar-refractivity contribution is 9.10. The van der Waals surface area contributed by atoms with Crippen LogP contribution >= 0.6 is 27.3 Å². The van der Waals surface area contributed by atoms with Gasteiger partial charge in [-0.3, -0.25) is 0 Å². The SMILES string of the molecule is Brc1cc2c3ccccc3n(-c3ccccc3)c2c2sc3ccc(-c4ccc5c(ccc6ccccc65)c4)cc3c12. The van der Waals surface area contributed by atoms with Crippen LogP contribution in [0.25, 0.3) is 80.3 Å². The average Bonchev–Trinajstić information content (AvgIpc) is 3.57. The van der Waals surface area contributed by atoms with Crippen LogP contribution in [0.4, 0.5) is 0 Å². The van der Waals surface area contributed by atoms with Crippen LogP contribution in [0.1, 0.15) is 0 Å². The Morgan fingerprint density at radius 1 is 0.512 bits per heavy atom. The molecule has 2 aromatic heterocycles. The van der Waals surface area contributed by atoms with Crippen LogP contribution in [0.15, 0.2) is 138 Å². The van der Waals surface area contributed by atoms with E-state index < -0.39 is 0 Å². The quantitative estimate of drug-likeness (QED) is 0.173. The molecule has 0 radical (unpaired) electrons. The largest absolute Gasteiger partial charge is 0.308 e. The predicted octanol–water partition coefficient (Wildman–Crippen LogP) is 11.9. The van der Waals surface area contributed by atoms with Gasteiger partial charge in [-0.2, -0.15) is 0 Å². The summed E-state index contributed by atoms with van der Waals surface area (Å²) in [7, 11) is 0. The number of hydrogen-bond donors (Lipinski definition) is 0. The van der Waals surface area contributed by atoms with E-state index in [4.69, 9.17) is 0 Å². The molecule has 0 bridgehead atoms. The molecule has 9 aromatic rings. The van der Waals surface area contributed by atoms with E-state index in [9.17, 15) is 0 Å². The zero-order valence-corrected chi connectivity index (χ0v) is 24.3. The van der Waals surface area contributed by atoms with Crippen LogP contribution in [0.3, 0.4) is 0 Å². The number of fused-ring (bicyclic) bond motifs is 10. The van der Waals surface area contributed by atoms with Crippen LogP contribution in [0.2, 0.25) is 0 Å². The number of para-hydroxylation sites is 2. The van der Waals surface area contributed by atoms with E-state index in [1.54, 1.807) is 0 Å². The zero-order chi connectivity index (χ0) is 27.1. The van der Waals surface area contributed by atoms with Gasteiger partial charge in [0.2, 0.25) is 0 Å². The molecule has 192 valence electrons. The molecule has 0 atom stereocenters. The summed E-state index contributed by atoms with van der Waals surface area (Å²) < 4.78 is 6.19. The minimum absolute atomic E-state index is 1.14. The molecular weight excluding hydrogens is 582 g/mol. The number of nitrogens with zero attached hydrogens (tertiary/aromatic N) is 1. The molecular formula is C38H22BrNS. The minimum Gasteiger partial charge on any atom is -0.308 e. The molecule has 9 rings (SSSR count). The molecule has 0 saturated carbocycles. The maximum Gasteiger partial charge on any atom is 0.0720 e. The minimum atomic E-state index is 1.14. The van der Waals surface area contributed by atoms with Gasteiger partial charge in [0.15, 0.2) is 0 Å². The van der Waals surface area contributed by atoms with Crippen molar-refractivity contribution in [2.24, 2.45) is 0 Å². The fourth-order valence-corrected chi connectivity index (χ4v) is 8.57. The van der Waals surface area contributed by atoms with Gasteiger partial charge in [-0.1, -0.05) is 107 Å². The number of aromatic nitrogens is 1. The van der Waals surface area contributed by atoms with Crippen LogP contribution in [0, 0.1) is 0 Å².